The van der Waals surface area contributed by atoms with Crippen molar-refractivity contribution in [2.75, 3.05) is 13.2 Å². The number of nitriles is 1. The third-order valence-electron chi connectivity index (χ3n) is 6.12. The Morgan fingerprint density at radius 2 is 1.90 bits per heavy atom. The van der Waals surface area contributed by atoms with E-state index >= 15 is 0 Å². The molecular weight excluding hydrogens is 382 g/mol. The maximum Gasteiger partial charge on any atom is 0.193 e. The van der Waals surface area contributed by atoms with Crippen molar-refractivity contribution < 1.29 is 24.9 Å². The summed E-state index contributed by atoms with van der Waals surface area (Å²) in [4.78, 5) is 13.4. The van der Waals surface area contributed by atoms with E-state index in [1.165, 1.54) is 0 Å². The molecule has 0 radical (unpaired) electrons. The number of carbonyl (C=O) groups excluding carboxylic acids is 1. The van der Waals surface area contributed by atoms with Gasteiger partial charge in [-0.05, 0) is 59.0 Å². The summed E-state index contributed by atoms with van der Waals surface area (Å²) >= 11 is 0. The van der Waals surface area contributed by atoms with Crippen molar-refractivity contribution in [2.24, 2.45) is 0 Å². The summed E-state index contributed by atoms with van der Waals surface area (Å²) in [5, 5.41) is 37.5. The van der Waals surface area contributed by atoms with Gasteiger partial charge in [-0.1, -0.05) is 19.9 Å². The fourth-order valence-corrected chi connectivity index (χ4v) is 4.31. The predicted molar refractivity (Wildman–Crippen MR) is 110 cm³/mol. The molecular formula is C24H23NO5. The Kier molecular flexibility index (Phi) is 4.99. The number of ketones is 1. The van der Waals surface area contributed by atoms with Gasteiger partial charge in [0.25, 0.3) is 0 Å². The molecule has 3 N–H and O–H groups in total. The number of ether oxygens (including phenoxy) is 1. The van der Waals surface area contributed by atoms with Crippen molar-refractivity contribution in [3.8, 4) is 11.8 Å². The summed E-state index contributed by atoms with van der Waals surface area (Å²) in [6.07, 6.45) is -1.83. The first-order valence-electron chi connectivity index (χ1n) is 9.84. The van der Waals surface area contributed by atoms with Crippen molar-refractivity contribution in [1.82, 2.24) is 0 Å². The first-order valence-corrected chi connectivity index (χ1v) is 9.84. The molecule has 2 atom stereocenters. The molecule has 0 aromatic heterocycles. The van der Waals surface area contributed by atoms with Gasteiger partial charge in [-0.2, -0.15) is 5.26 Å². The second-order valence-electron chi connectivity index (χ2n) is 8.30. The third-order valence-corrected chi connectivity index (χ3v) is 6.12. The van der Waals surface area contributed by atoms with Gasteiger partial charge in [0.2, 0.25) is 0 Å². The summed E-state index contributed by atoms with van der Waals surface area (Å²) in [5.41, 5.74) is 5.15. The molecule has 0 amide bonds. The lowest BCUT2D eigenvalue weighted by Gasteiger charge is -2.34. The molecule has 2 aromatic carbocycles. The SMILES string of the molecule is CC1(C)C2=C(C(=O)c3ccc(OC[C@@H](O)[C@H](O)CO)cc31)c1cc(C#N)ccc1C2. The lowest BCUT2D eigenvalue weighted by molar-refractivity contribution is -0.0339. The van der Waals surface area contributed by atoms with E-state index < -0.39 is 24.2 Å². The zero-order chi connectivity index (χ0) is 21.6. The van der Waals surface area contributed by atoms with Crippen LogP contribution in [0.5, 0.6) is 5.75 Å². The van der Waals surface area contributed by atoms with Gasteiger partial charge in [-0.15, -0.1) is 0 Å². The predicted octanol–water partition coefficient (Wildman–Crippen LogP) is 2.13. The molecule has 30 heavy (non-hydrogen) atoms. The zero-order valence-electron chi connectivity index (χ0n) is 16.8. The number of hydrogen-bond acceptors (Lipinski definition) is 6. The maximum absolute atomic E-state index is 13.4. The highest BCUT2D eigenvalue weighted by atomic mass is 16.5. The van der Waals surface area contributed by atoms with Crippen molar-refractivity contribution in [2.45, 2.75) is 37.9 Å². The van der Waals surface area contributed by atoms with E-state index in [1.807, 2.05) is 6.07 Å². The lowest BCUT2D eigenvalue weighted by atomic mass is 9.68. The minimum Gasteiger partial charge on any atom is -0.491 e. The number of aliphatic hydroxyl groups is 3. The lowest BCUT2D eigenvalue weighted by Crippen LogP contribution is -2.34. The first-order chi connectivity index (χ1) is 14.3. The monoisotopic (exact) mass is 405 g/mol. The molecule has 0 saturated carbocycles. The molecule has 0 spiro atoms. The average Bonchev–Trinajstić information content (AvgIpc) is 3.15. The van der Waals surface area contributed by atoms with Crippen LogP contribution < -0.4 is 4.74 Å². The normalized spacial score (nSPS) is 18.2. The van der Waals surface area contributed by atoms with Crippen LogP contribution in [0.2, 0.25) is 0 Å². The summed E-state index contributed by atoms with van der Waals surface area (Å²) in [7, 11) is 0. The van der Waals surface area contributed by atoms with Gasteiger partial charge in [-0.3, -0.25) is 4.79 Å². The zero-order valence-corrected chi connectivity index (χ0v) is 16.8. The number of nitrogens with zero attached hydrogens (tertiary/aromatic N) is 1. The highest BCUT2D eigenvalue weighted by Gasteiger charge is 2.43. The summed E-state index contributed by atoms with van der Waals surface area (Å²) < 4.78 is 5.60. The Hall–Kier alpha value is -2.98. The Morgan fingerprint density at radius 3 is 2.60 bits per heavy atom. The number of aliphatic hydroxyl groups excluding tert-OH is 3. The van der Waals surface area contributed by atoms with Crippen LogP contribution in [0.25, 0.3) is 5.57 Å². The number of fused-ring (bicyclic) bond motifs is 3. The smallest absolute Gasteiger partial charge is 0.193 e. The first kappa shape index (κ1) is 20.3. The van der Waals surface area contributed by atoms with Gasteiger partial charge in [0.1, 0.15) is 24.6 Å². The molecule has 2 aliphatic carbocycles. The molecule has 4 rings (SSSR count). The van der Waals surface area contributed by atoms with Gasteiger partial charge in [0.15, 0.2) is 5.78 Å². The highest BCUT2D eigenvalue weighted by Crippen LogP contribution is 2.50. The van der Waals surface area contributed by atoms with Crippen molar-refractivity contribution in [1.29, 1.82) is 5.26 Å². The highest BCUT2D eigenvalue weighted by molar-refractivity contribution is 6.33. The van der Waals surface area contributed by atoms with Crippen LogP contribution >= 0.6 is 0 Å². The van der Waals surface area contributed by atoms with Crippen LogP contribution in [0.1, 0.15) is 46.5 Å². The summed E-state index contributed by atoms with van der Waals surface area (Å²) in [5.74, 6) is 0.417. The molecule has 6 nitrogen and oxygen atoms in total. The fraction of sp³-hybridized carbons (Fsp3) is 0.333. The van der Waals surface area contributed by atoms with E-state index in [0.29, 0.717) is 28.9 Å². The number of allylic oxidation sites excluding steroid dienone is 2. The molecule has 2 aliphatic rings. The molecule has 6 heteroatoms. The van der Waals surface area contributed by atoms with E-state index in [1.54, 1.807) is 30.3 Å². The maximum atomic E-state index is 13.4. The van der Waals surface area contributed by atoms with E-state index in [9.17, 15) is 20.3 Å². The topological polar surface area (TPSA) is 111 Å². The van der Waals surface area contributed by atoms with E-state index in [2.05, 4.69) is 19.9 Å². The standard InChI is InChI=1S/C24H23NO5/c1-24(2)18-9-15(30-12-21(28)20(27)11-26)5-6-16(18)23(29)22-17-7-13(10-25)3-4-14(17)8-19(22)24/h3-7,9,20-21,26-28H,8,11-12H2,1-2H3/t20-,21-/m1/s1. The molecule has 0 heterocycles. The van der Waals surface area contributed by atoms with Crippen molar-refractivity contribution in [3.63, 3.8) is 0 Å². The van der Waals surface area contributed by atoms with Crippen molar-refractivity contribution >= 4 is 11.4 Å². The minimum atomic E-state index is -1.27. The minimum absolute atomic E-state index is 0.0598. The number of Topliss-reactive ketones (excluding diaryl/α,β-unsaturated/α-hetero) is 1. The number of carbonyl (C=O) groups is 1. The largest absolute Gasteiger partial charge is 0.491 e. The van der Waals surface area contributed by atoms with Crippen LogP contribution in [0.3, 0.4) is 0 Å². The molecule has 0 aliphatic heterocycles. The van der Waals surface area contributed by atoms with E-state index in [4.69, 9.17) is 9.84 Å². The van der Waals surface area contributed by atoms with Gasteiger partial charge >= 0.3 is 0 Å². The van der Waals surface area contributed by atoms with Crippen LogP contribution in [0.15, 0.2) is 42.0 Å². The quantitative estimate of drug-likeness (QED) is 0.703. The second-order valence-corrected chi connectivity index (χ2v) is 8.30. The van der Waals surface area contributed by atoms with Crippen molar-refractivity contribution in [3.05, 3.63) is 69.8 Å². The number of benzene rings is 2. The van der Waals surface area contributed by atoms with E-state index in [0.717, 1.165) is 22.3 Å². The van der Waals surface area contributed by atoms with Gasteiger partial charge in [-0.25, -0.2) is 0 Å². The van der Waals surface area contributed by atoms with Crippen LogP contribution in [0, 0.1) is 11.3 Å². The Balaban J connectivity index is 1.70. The van der Waals surface area contributed by atoms with Gasteiger partial charge in [0, 0.05) is 16.6 Å². The number of rotatable bonds is 5. The molecule has 154 valence electrons. The van der Waals surface area contributed by atoms with Gasteiger partial charge in [0.05, 0.1) is 18.2 Å². The fourth-order valence-electron chi connectivity index (χ4n) is 4.31. The van der Waals surface area contributed by atoms with Crippen LogP contribution in [0.4, 0.5) is 0 Å². The third kappa shape index (κ3) is 3.12. The summed E-state index contributed by atoms with van der Waals surface area (Å²) in [6, 6.07) is 12.8. The molecule has 0 fully saturated rings. The molecule has 2 aromatic rings. The van der Waals surface area contributed by atoms with Crippen LogP contribution in [-0.2, 0) is 11.8 Å². The van der Waals surface area contributed by atoms with Gasteiger partial charge < -0.3 is 20.1 Å². The Morgan fingerprint density at radius 1 is 1.13 bits per heavy atom. The van der Waals surface area contributed by atoms with Crippen LogP contribution in [-0.4, -0.2) is 46.5 Å². The number of hydrogen-bond donors (Lipinski definition) is 3. The molecule has 0 saturated heterocycles. The second kappa shape index (κ2) is 7.37. The Bertz CT molecular complexity index is 1110. The Labute approximate surface area is 174 Å². The molecule has 0 bridgehead atoms. The van der Waals surface area contributed by atoms with E-state index in [-0.39, 0.29) is 12.4 Å². The average molecular weight is 405 g/mol. The summed E-state index contributed by atoms with van der Waals surface area (Å²) in [6.45, 7) is 3.41. The molecule has 0 unspecified atom stereocenters.